The van der Waals surface area contributed by atoms with Gasteiger partial charge in [-0.25, -0.2) is 13.1 Å². The van der Waals surface area contributed by atoms with Gasteiger partial charge in [0.15, 0.2) is 0 Å². The molecule has 2 rings (SSSR count). The predicted octanol–water partition coefficient (Wildman–Crippen LogP) is 1.35. The second-order valence-electron chi connectivity index (χ2n) is 5.75. The third-order valence-corrected chi connectivity index (χ3v) is 5.40. The highest BCUT2D eigenvalue weighted by Crippen LogP contribution is 2.23. The van der Waals surface area contributed by atoms with Crippen LogP contribution in [0.25, 0.3) is 0 Å². The Morgan fingerprint density at radius 3 is 2.81 bits per heavy atom. The van der Waals surface area contributed by atoms with Crippen molar-refractivity contribution in [2.24, 2.45) is 5.92 Å². The average Bonchev–Trinajstić information content (AvgIpc) is 2.96. The van der Waals surface area contributed by atoms with Gasteiger partial charge >= 0.3 is 0 Å². The molecule has 7 heteroatoms. The summed E-state index contributed by atoms with van der Waals surface area (Å²) >= 11 is 0. The van der Waals surface area contributed by atoms with Crippen LogP contribution in [0.4, 0.5) is 0 Å². The standard InChI is InChI=1S/C14H26N4O2S/c1-15-8-5-9-18-12-14(11-16-18)21(19,20)17-10-13-6-3-2-4-7-13/h11-13,15,17H,2-10H2,1H3. The van der Waals surface area contributed by atoms with Gasteiger partial charge in [-0.15, -0.1) is 0 Å². The zero-order valence-corrected chi connectivity index (χ0v) is 13.5. The molecule has 2 N–H and O–H groups in total. The van der Waals surface area contributed by atoms with Crippen molar-refractivity contribution in [1.29, 1.82) is 0 Å². The summed E-state index contributed by atoms with van der Waals surface area (Å²) in [5, 5.41) is 7.18. The van der Waals surface area contributed by atoms with Crippen molar-refractivity contribution in [3.8, 4) is 0 Å². The highest BCUT2D eigenvalue weighted by atomic mass is 32.2. The zero-order valence-electron chi connectivity index (χ0n) is 12.7. The minimum atomic E-state index is -3.42. The highest BCUT2D eigenvalue weighted by molar-refractivity contribution is 7.89. The maximum absolute atomic E-state index is 12.2. The number of hydrogen-bond donors (Lipinski definition) is 2. The van der Waals surface area contributed by atoms with Crippen LogP contribution in [0.5, 0.6) is 0 Å². The van der Waals surface area contributed by atoms with Crippen molar-refractivity contribution in [2.45, 2.75) is 50.0 Å². The molecule has 0 spiro atoms. The van der Waals surface area contributed by atoms with Gasteiger partial charge in [-0.1, -0.05) is 19.3 Å². The van der Waals surface area contributed by atoms with Gasteiger partial charge in [-0.2, -0.15) is 5.10 Å². The number of aryl methyl sites for hydroxylation is 1. The monoisotopic (exact) mass is 314 g/mol. The predicted molar refractivity (Wildman–Crippen MR) is 82.5 cm³/mol. The van der Waals surface area contributed by atoms with Crippen molar-refractivity contribution < 1.29 is 8.42 Å². The largest absolute Gasteiger partial charge is 0.320 e. The maximum Gasteiger partial charge on any atom is 0.243 e. The Balaban J connectivity index is 1.86. The van der Waals surface area contributed by atoms with Crippen molar-refractivity contribution in [3.63, 3.8) is 0 Å². The lowest BCUT2D eigenvalue weighted by atomic mass is 9.90. The van der Waals surface area contributed by atoms with E-state index in [-0.39, 0.29) is 4.90 Å². The summed E-state index contributed by atoms with van der Waals surface area (Å²) < 4.78 is 28.9. The van der Waals surface area contributed by atoms with Crippen LogP contribution in [0.2, 0.25) is 0 Å². The summed E-state index contributed by atoms with van der Waals surface area (Å²) in [6.45, 7) is 2.16. The van der Waals surface area contributed by atoms with Gasteiger partial charge in [0.2, 0.25) is 10.0 Å². The minimum absolute atomic E-state index is 0.266. The van der Waals surface area contributed by atoms with Crippen LogP contribution in [0.3, 0.4) is 0 Å². The molecule has 1 aliphatic rings. The molecule has 0 amide bonds. The summed E-state index contributed by atoms with van der Waals surface area (Å²) in [7, 11) is -1.52. The molecule has 0 bridgehead atoms. The fourth-order valence-electron chi connectivity index (χ4n) is 2.73. The fourth-order valence-corrected chi connectivity index (χ4v) is 3.79. The van der Waals surface area contributed by atoms with Gasteiger partial charge in [0.1, 0.15) is 4.90 Å². The molecule has 0 unspecified atom stereocenters. The second-order valence-corrected chi connectivity index (χ2v) is 7.52. The van der Waals surface area contributed by atoms with Crippen LogP contribution in [0, 0.1) is 5.92 Å². The van der Waals surface area contributed by atoms with Crippen molar-refractivity contribution in [2.75, 3.05) is 20.1 Å². The van der Waals surface area contributed by atoms with E-state index in [1.807, 2.05) is 7.05 Å². The Labute approximate surface area is 127 Å². The summed E-state index contributed by atoms with van der Waals surface area (Å²) in [6, 6.07) is 0. The average molecular weight is 314 g/mol. The molecular formula is C14H26N4O2S. The van der Waals surface area contributed by atoms with Crippen molar-refractivity contribution in [3.05, 3.63) is 12.4 Å². The first kappa shape index (κ1) is 16.5. The Hall–Kier alpha value is -0.920. The molecular weight excluding hydrogens is 288 g/mol. The lowest BCUT2D eigenvalue weighted by molar-refractivity contribution is 0.357. The molecule has 1 heterocycles. The molecule has 120 valence electrons. The molecule has 21 heavy (non-hydrogen) atoms. The molecule has 1 aliphatic carbocycles. The van der Waals surface area contributed by atoms with Crippen LogP contribution in [-0.4, -0.2) is 38.3 Å². The molecule has 0 aromatic carbocycles. The van der Waals surface area contributed by atoms with Crippen LogP contribution in [0.1, 0.15) is 38.5 Å². The van der Waals surface area contributed by atoms with Crippen molar-refractivity contribution in [1.82, 2.24) is 19.8 Å². The molecule has 1 fully saturated rings. The summed E-state index contributed by atoms with van der Waals surface area (Å²) in [5.74, 6) is 0.485. The number of sulfonamides is 1. The number of hydrogen-bond acceptors (Lipinski definition) is 4. The summed E-state index contributed by atoms with van der Waals surface area (Å²) in [6.07, 6.45) is 9.94. The Bertz CT molecular complexity index is 521. The number of rotatable bonds is 8. The van der Waals surface area contributed by atoms with Gasteiger partial charge in [-0.3, -0.25) is 4.68 Å². The van der Waals surface area contributed by atoms with Crippen LogP contribution < -0.4 is 10.0 Å². The SMILES string of the molecule is CNCCCn1cc(S(=O)(=O)NCC2CCCCC2)cn1. The smallest absolute Gasteiger partial charge is 0.243 e. The Kier molecular flexibility index (Phi) is 6.20. The zero-order chi connectivity index (χ0) is 15.1. The molecule has 0 saturated heterocycles. The van der Waals surface area contributed by atoms with Gasteiger partial charge in [0.05, 0.1) is 6.20 Å². The van der Waals surface area contributed by atoms with Gasteiger partial charge in [-0.05, 0) is 38.8 Å². The number of aromatic nitrogens is 2. The molecule has 6 nitrogen and oxygen atoms in total. The first-order valence-electron chi connectivity index (χ1n) is 7.78. The third-order valence-electron chi connectivity index (χ3n) is 4.02. The number of nitrogens with zero attached hydrogens (tertiary/aromatic N) is 2. The normalized spacial score (nSPS) is 17.2. The van der Waals surface area contributed by atoms with E-state index in [0.29, 0.717) is 12.5 Å². The maximum atomic E-state index is 12.2. The van der Waals surface area contributed by atoms with E-state index >= 15 is 0 Å². The molecule has 0 aliphatic heterocycles. The van der Waals surface area contributed by atoms with Crippen LogP contribution in [0.15, 0.2) is 17.3 Å². The van der Waals surface area contributed by atoms with E-state index in [2.05, 4.69) is 15.1 Å². The topological polar surface area (TPSA) is 76.0 Å². The van der Waals surface area contributed by atoms with Gasteiger partial charge in [0.25, 0.3) is 0 Å². The van der Waals surface area contributed by atoms with Gasteiger partial charge < -0.3 is 5.32 Å². The molecule has 1 saturated carbocycles. The minimum Gasteiger partial charge on any atom is -0.320 e. The van der Waals surface area contributed by atoms with Crippen LogP contribution >= 0.6 is 0 Å². The van der Waals surface area contributed by atoms with E-state index in [1.54, 1.807) is 10.9 Å². The highest BCUT2D eigenvalue weighted by Gasteiger charge is 2.20. The van der Waals surface area contributed by atoms with Crippen molar-refractivity contribution >= 4 is 10.0 Å². The lowest BCUT2D eigenvalue weighted by Crippen LogP contribution is -2.30. The van der Waals surface area contributed by atoms with Crippen LogP contribution in [-0.2, 0) is 16.6 Å². The molecule has 0 radical (unpaired) electrons. The summed E-state index contributed by atoms with van der Waals surface area (Å²) in [4.78, 5) is 0.266. The number of nitrogens with one attached hydrogen (secondary N) is 2. The molecule has 1 aromatic heterocycles. The Morgan fingerprint density at radius 1 is 1.33 bits per heavy atom. The lowest BCUT2D eigenvalue weighted by Gasteiger charge is -2.21. The Morgan fingerprint density at radius 2 is 2.10 bits per heavy atom. The fraction of sp³-hybridized carbons (Fsp3) is 0.786. The third kappa shape index (κ3) is 5.09. The van der Waals surface area contributed by atoms with E-state index in [4.69, 9.17) is 0 Å². The molecule has 0 atom stereocenters. The quantitative estimate of drug-likeness (QED) is 0.710. The first-order valence-corrected chi connectivity index (χ1v) is 9.27. The van der Waals surface area contributed by atoms with Gasteiger partial charge in [0, 0.05) is 19.3 Å². The van der Waals surface area contributed by atoms with E-state index < -0.39 is 10.0 Å². The van der Waals surface area contributed by atoms with E-state index in [1.165, 1.54) is 25.5 Å². The second kappa shape index (κ2) is 7.91. The van der Waals surface area contributed by atoms with E-state index in [9.17, 15) is 8.42 Å². The van der Waals surface area contributed by atoms with E-state index in [0.717, 1.165) is 32.4 Å². The summed E-state index contributed by atoms with van der Waals surface area (Å²) in [5.41, 5.74) is 0. The first-order chi connectivity index (χ1) is 10.1. The molecule has 1 aromatic rings.